The molecule has 0 radical (unpaired) electrons. The minimum Gasteiger partial charge on any atom is -0.468 e. The quantitative estimate of drug-likeness (QED) is 0.597. The molecule has 1 aliphatic rings. The van der Waals surface area contributed by atoms with Crippen molar-refractivity contribution in [2.24, 2.45) is 0 Å². The molecule has 1 heterocycles. The van der Waals surface area contributed by atoms with E-state index in [2.05, 4.69) is 10.1 Å². The predicted octanol–water partition coefficient (Wildman–Crippen LogP) is -0.0419. The molecule has 0 aromatic rings. The molecule has 1 N–H and O–H groups in total. The highest BCUT2D eigenvalue weighted by molar-refractivity contribution is 5.85. The summed E-state index contributed by atoms with van der Waals surface area (Å²) in [4.78, 5) is 10.9. The first-order valence-electron chi connectivity index (χ1n) is 3.65. The highest BCUT2D eigenvalue weighted by atomic mass is 35.5. The maximum absolute atomic E-state index is 10.9. The van der Waals surface area contributed by atoms with Gasteiger partial charge in [0, 0.05) is 6.04 Å². The fraction of sp³-hybridized carbons (Fsp3) is 0.857. The molecule has 12 heavy (non-hydrogen) atoms. The molecular weight excluding hydrogens is 182 g/mol. The SMILES string of the molecule is COC(=O)[C@@H]1COC[C@H](C)N1.Cl. The molecule has 72 valence electrons. The smallest absolute Gasteiger partial charge is 0.325 e. The first-order valence-corrected chi connectivity index (χ1v) is 3.65. The third-order valence-corrected chi connectivity index (χ3v) is 1.62. The van der Waals surface area contributed by atoms with E-state index in [1.54, 1.807) is 0 Å². The summed E-state index contributed by atoms with van der Waals surface area (Å²) >= 11 is 0. The van der Waals surface area contributed by atoms with E-state index >= 15 is 0 Å². The van der Waals surface area contributed by atoms with Crippen molar-refractivity contribution in [2.75, 3.05) is 20.3 Å². The van der Waals surface area contributed by atoms with Gasteiger partial charge in [0.1, 0.15) is 6.04 Å². The van der Waals surface area contributed by atoms with Crippen molar-refractivity contribution >= 4 is 18.4 Å². The molecule has 0 amide bonds. The van der Waals surface area contributed by atoms with Crippen LogP contribution in [0.2, 0.25) is 0 Å². The van der Waals surface area contributed by atoms with Crippen LogP contribution in [-0.2, 0) is 14.3 Å². The second-order valence-electron chi connectivity index (χ2n) is 2.68. The van der Waals surface area contributed by atoms with E-state index in [1.807, 2.05) is 6.92 Å². The summed E-state index contributed by atoms with van der Waals surface area (Å²) in [6.07, 6.45) is 0. The molecule has 1 rings (SSSR count). The number of carbonyl (C=O) groups excluding carboxylic acids is 1. The van der Waals surface area contributed by atoms with Crippen molar-refractivity contribution in [1.29, 1.82) is 0 Å². The summed E-state index contributed by atoms with van der Waals surface area (Å²) in [6, 6.07) is -0.0587. The van der Waals surface area contributed by atoms with Crippen LogP contribution in [0.5, 0.6) is 0 Å². The normalized spacial score (nSPS) is 28.8. The zero-order valence-electron chi connectivity index (χ0n) is 7.20. The minimum atomic E-state index is -0.288. The zero-order valence-corrected chi connectivity index (χ0v) is 8.02. The van der Waals surface area contributed by atoms with Crippen LogP contribution in [0.3, 0.4) is 0 Å². The van der Waals surface area contributed by atoms with Crippen molar-refractivity contribution in [2.45, 2.75) is 19.0 Å². The van der Waals surface area contributed by atoms with Gasteiger partial charge in [-0.25, -0.2) is 0 Å². The standard InChI is InChI=1S/C7H13NO3.ClH/c1-5-3-11-4-6(8-5)7(9)10-2;/h5-6,8H,3-4H2,1-2H3;1H/t5-,6-;/m0./s1. The topological polar surface area (TPSA) is 47.6 Å². The van der Waals surface area contributed by atoms with E-state index in [0.29, 0.717) is 13.2 Å². The number of hydrogen-bond donors (Lipinski definition) is 1. The molecule has 0 spiro atoms. The van der Waals surface area contributed by atoms with Crippen LogP contribution in [0, 0.1) is 0 Å². The van der Waals surface area contributed by atoms with Gasteiger partial charge in [-0.1, -0.05) is 0 Å². The second-order valence-corrected chi connectivity index (χ2v) is 2.68. The Morgan fingerprint density at radius 3 is 2.75 bits per heavy atom. The first-order chi connectivity index (χ1) is 5.24. The number of rotatable bonds is 1. The molecule has 0 unspecified atom stereocenters. The fourth-order valence-electron chi connectivity index (χ4n) is 1.08. The van der Waals surface area contributed by atoms with Crippen LogP contribution >= 0.6 is 12.4 Å². The number of morpholine rings is 1. The molecule has 1 fully saturated rings. The Labute approximate surface area is 78.0 Å². The second kappa shape index (κ2) is 5.35. The van der Waals surface area contributed by atoms with E-state index in [4.69, 9.17) is 4.74 Å². The maximum atomic E-state index is 10.9. The van der Waals surface area contributed by atoms with Gasteiger partial charge in [-0.2, -0.15) is 0 Å². The molecule has 1 saturated heterocycles. The monoisotopic (exact) mass is 195 g/mol. The van der Waals surface area contributed by atoms with Crippen LogP contribution in [-0.4, -0.2) is 38.4 Å². The van der Waals surface area contributed by atoms with Crippen LogP contribution in [0.1, 0.15) is 6.92 Å². The number of ether oxygens (including phenoxy) is 2. The van der Waals surface area contributed by atoms with Gasteiger partial charge in [0.15, 0.2) is 0 Å². The Hall–Kier alpha value is -0.320. The molecule has 0 aliphatic carbocycles. The maximum Gasteiger partial charge on any atom is 0.325 e. The molecule has 1 aliphatic heterocycles. The largest absolute Gasteiger partial charge is 0.468 e. The molecule has 4 nitrogen and oxygen atoms in total. The number of esters is 1. The van der Waals surface area contributed by atoms with Gasteiger partial charge in [0.2, 0.25) is 0 Å². The highest BCUT2D eigenvalue weighted by Crippen LogP contribution is 1.99. The summed E-state index contributed by atoms with van der Waals surface area (Å²) in [5, 5.41) is 3.07. The van der Waals surface area contributed by atoms with Crippen LogP contribution < -0.4 is 5.32 Å². The Morgan fingerprint density at radius 2 is 2.25 bits per heavy atom. The molecule has 0 saturated carbocycles. The van der Waals surface area contributed by atoms with Crippen molar-refractivity contribution in [3.05, 3.63) is 0 Å². The summed E-state index contributed by atoms with van der Waals surface area (Å²) in [5.74, 6) is -0.253. The van der Waals surface area contributed by atoms with E-state index in [1.165, 1.54) is 7.11 Å². The lowest BCUT2D eigenvalue weighted by molar-refractivity contribution is -0.146. The van der Waals surface area contributed by atoms with Crippen molar-refractivity contribution in [1.82, 2.24) is 5.32 Å². The van der Waals surface area contributed by atoms with Gasteiger partial charge in [0.25, 0.3) is 0 Å². The third-order valence-electron chi connectivity index (χ3n) is 1.62. The Balaban J connectivity index is 0.00000121. The van der Waals surface area contributed by atoms with Crippen molar-refractivity contribution in [3.8, 4) is 0 Å². The fourth-order valence-corrected chi connectivity index (χ4v) is 1.08. The number of halogens is 1. The lowest BCUT2D eigenvalue weighted by Gasteiger charge is -2.26. The van der Waals surface area contributed by atoms with Gasteiger partial charge in [-0.3, -0.25) is 10.1 Å². The molecule has 0 bridgehead atoms. The van der Waals surface area contributed by atoms with Gasteiger partial charge >= 0.3 is 5.97 Å². The van der Waals surface area contributed by atoms with Gasteiger partial charge in [-0.15, -0.1) is 12.4 Å². The number of nitrogens with one attached hydrogen (secondary N) is 1. The van der Waals surface area contributed by atoms with Crippen LogP contribution in [0.15, 0.2) is 0 Å². The summed E-state index contributed by atoms with van der Waals surface area (Å²) in [6.45, 7) is 3.04. The average Bonchev–Trinajstić information content (AvgIpc) is 2.03. The first kappa shape index (κ1) is 11.7. The van der Waals surface area contributed by atoms with Crippen LogP contribution in [0.25, 0.3) is 0 Å². The average molecular weight is 196 g/mol. The van der Waals surface area contributed by atoms with Crippen molar-refractivity contribution in [3.63, 3.8) is 0 Å². The van der Waals surface area contributed by atoms with E-state index in [-0.39, 0.29) is 30.5 Å². The van der Waals surface area contributed by atoms with Gasteiger partial charge < -0.3 is 9.47 Å². The van der Waals surface area contributed by atoms with Crippen molar-refractivity contribution < 1.29 is 14.3 Å². The Morgan fingerprint density at radius 1 is 1.58 bits per heavy atom. The molecular formula is C7H14ClNO3. The lowest BCUT2D eigenvalue weighted by atomic mass is 10.2. The highest BCUT2D eigenvalue weighted by Gasteiger charge is 2.24. The summed E-state index contributed by atoms with van der Waals surface area (Å²) < 4.78 is 9.71. The molecule has 2 atom stereocenters. The van der Waals surface area contributed by atoms with E-state index < -0.39 is 0 Å². The third kappa shape index (κ3) is 2.97. The van der Waals surface area contributed by atoms with Gasteiger partial charge in [-0.05, 0) is 6.92 Å². The van der Waals surface area contributed by atoms with E-state index in [0.717, 1.165) is 0 Å². The minimum absolute atomic E-state index is 0. The van der Waals surface area contributed by atoms with Gasteiger partial charge in [0.05, 0.1) is 20.3 Å². The Bertz CT molecular complexity index is 154. The molecule has 0 aromatic heterocycles. The molecule has 0 aromatic carbocycles. The lowest BCUT2D eigenvalue weighted by Crippen LogP contribution is -2.51. The zero-order chi connectivity index (χ0) is 8.27. The van der Waals surface area contributed by atoms with E-state index in [9.17, 15) is 4.79 Å². The summed E-state index contributed by atoms with van der Waals surface area (Å²) in [5.41, 5.74) is 0. The number of hydrogen-bond acceptors (Lipinski definition) is 4. The van der Waals surface area contributed by atoms with Crippen LogP contribution in [0.4, 0.5) is 0 Å². The predicted molar refractivity (Wildman–Crippen MR) is 46.5 cm³/mol. The number of carbonyl (C=O) groups is 1. The summed E-state index contributed by atoms with van der Waals surface area (Å²) in [7, 11) is 1.38. The molecule has 5 heteroatoms. The number of methoxy groups -OCH3 is 1. The Kier molecular flexibility index (Phi) is 5.20.